The number of thiazole rings is 1. The van der Waals surface area contributed by atoms with Gasteiger partial charge < -0.3 is 10.2 Å². The summed E-state index contributed by atoms with van der Waals surface area (Å²) in [5, 5.41) is 10.5. The molecule has 9 heteroatoms. The Bertz CT molecular complexity index is 1100. The first-order chi connectivity index (χ1) is 14.0. The Morgan fingerprint density at radius 3 is 2.83 bits per heavy atom. The van der Waals surface area contributed by atoms with Gasteiger partial charge in [0, 0.05) is 36.8 Å². The van der Waals surface area contributed by atoms with E-state index in [0.29, 0.717) is 29.6 Å². The van der Waals surface area contributed by atoms with Gasteiger partial charge in [0.15, 0.2) is 10.8 Å². The summed E-state index contributed by atoms with van der Waals surface area (Å²) in [6.07, 6.45) is 5.31. The molecule has 1 saturated heterocycles. The zero-order valence-corrected chi connectivity index (χ0v) is 17.2. The van der Waals surface area contributed by atoms with E-state index >= 15 is 0 Å². The fourth-order valence-corrected chi connectivity index (χ4v) is 4.66. The van der Waals surface area contributed by atoms with E-state index in [2.05, 4.69) is 15.4 Å². The van der Waals surface area contributed by atoms with Crippen LogP contribution < -0.4 is 5.32 Å². The topological polar surface area (TPSA) is 93.0 Å². The average molecular weight is 411 g/mol. The number of aromatic nitrogens is 4. The van der Waals surface area contributed by atoms with Crippen molar-refractivity contribution in [2.24, 2.45) is 7.05 Å². The van der Waals surface area contributed by atoms with E-state index in [1.807, 2.05) is 25.4 Å². The number of hydrogen-bond acceptors (Lipinski definition) is 6. The van der Waals surface area contributed by atoms with E-state index in [-0.39, 0.29) is 11.8 Å². The number of nitrogens with zero attached hydrogens (tertiary/aromatic N) is 5. The molecule has 150 valence electrons. The third-order valence-corrected chi connectivity index (χ3v) is 6.38. The van der Waals surface area contributed by atoms with E-state index in [1.165, 1.54) is 11.3 Å². The maximum atomic E-state index is 13.6. The fourth-order valence-electron chi connectivity index (χ4n) is 4.13. The zero-order chi connectivity index (χ0) is 20.1. The van der Waals surface area contributed by atoms with E-state index in [0.717, 1.165) is 41.7 Å². The molecule has 2 fully saturated rings. The molecule has 2 aliphatic rings. The first kappa shape index (κ1) is 18.2. The lowest BCUT2D eigenvalue weighted by molar-refractivity contribution is -0.119. The number of anilines is 1. The normalized spacial score (nSPS) is 19.1. The van der Waals surface area contributed by atoms with Crippen LogP contribution in [-0.2, 0) is 11.8 Å². The summed E-state index contributed by atoms with van der Waals surface area (Å²) in [7, 11) is 1.85. The molecule has 3 aromatic rings. The summed E-state index contributed by atoms with van der Waals surface area (Å²) in [5.74, 6) is 0.123. The molecule has 1 saturated carbocycles. The number of amides is 2. The molecular weight excluding hydrogens is 388 g/mol. The summed E-state index contributed by atoms with van der Waals surface area (Å²) in [5.41, 5.74) is 3.07. The maximum absolute atomic E-state index is 13.6. The van der Waals surface area contributed by atoms with Gasteiger partial charge in [0.25, 0.3) is 5.91 Å². The van der Waals surface area contributed by atoms with Crippen LogP contribution in [0.15, 0.2) is 17.6 Å². The first-order valence-corrected chi connectivity index (χ1v) is 10.8. The van der Waals surface area contributed by atoms with Gasteiger partial charge in [0.1, 0.15) is 6.04 Å². The van der Waals surface area contributed by atoms with Gasteiger partial charge in [-0.05, 0) is 38.7 Å². The first-order valence-electron chi connectivity index (χ1n) is 9.88. The lowest BCUT2D eigenvalue weighted by atomic mass is 10.1. The summed E-state index contributed by atoms with van der Waals surface area (Å²) >= 11 is 1.37. The maximum Gasteiger partial charge on any atom is 0.255 e. The minimum atomic E-state index is -0.490. The standard InChI is InChI=1S/C20H22N6O2S/c1-11-16-13(10-14(12-5-6-12)22-17(16)25(2)24-11)19(28)26-8-3-4-15(26)18(27)23-20-21-7-9-29-20/h7,9-10,12,15H,3-6,8H2,1-2H3,(H,21,23,27). The average Bonchev–Trinajstić information content (AvgIpc) is 3.10. The van der Waals surface area contributed by atoms with E-state index in [4.69, 9.17) is 4.98 Å². The molecule has 1 N–H and O–H groups in total. The fraction of sp³-hybridized carbons (Fsp3) is 0.450. The van der Waals surface area contributed by atoms with Crippen molar-refractivity contribution < 1.29 is 9.59 Å². The molecule has 0 radical (unpaired) electrons. The molecule has 1 aliphatic heterocycles. The Balaban J connectivity index is 1.51. The lowest BCUT2D eigenvalue weighted by Crippen LogP contribution is -2.43. The predicted molar refractivity (Wildman–Crippen MR) is 110 cm³/mol. The lowest BCUT2D eigenvalue weighted by Gasteiger charge is -2.24. The predicted octanol–water partition coefficient (Wildman–Crippen LogP) is 2.85. The van der Waals surface area contributed by atoms with Crippen LogP contribution in [0.5, 0.6) is 0 Å². The van der Waals surface area contributed by atoms with Crippen LogP contribution >= 0.6 is 11.3 Å². The molecule has 0 aromatic carbocycles. The van der Waals surface area contributed by atoms with Crippen molar-refractivity contribution in [2.75, 3.05) is 11.9 Å². The monoisotopic (exact) mass is 410 g/mol. The molecule has 5 rings (SSSR count). The van der Waals surface area contributed by atoms with Crippen LogP contribution in [-0.4, -0.2) is 49.0 Å². The number of aryl methyl sites for hydroxylation is 2. The van der Waals surface area contributed by atoms with Crippen molar-refractivity contribution >= 4 is 39.3 Å². The summed E-state index contributed by atoms with van der Waals surface area (Å²) in [6.45, 7) is 2.46. The molecule has 0 bridgehead atoms. The van der Waals surface area contributed by atoms with Crippen LogP contribution in [0.25, 0.3) is 11.0 Å². The highest BCUT2D eigenvalue weighted by Gasteiger charge is 2.37. The Labute approximate surface area is 171 Å². The van der Waals surface area contributed by atoms with Crippen molar-refractivity contribution in [3.8, 4) is 0 Å². The number of carbonyl (C=O) groups excluding carboxylic acids is 2. The van der Waals surface area contributed by atoms with Gasteiger partial charge in [-0.25, -0.2) is 9.97 Å². The summed E-state index contributed by atoms with van der Waals surface area (Å²) in [6, 6.07) is 1.43. The molecule has 29 heavy (non-hydrogen) atoms. The van der Waals surface area contributed by atoms with Gasteiger partial charge in [0.05, 0.1) is 16.6 Å². The van der Waals surface area contributed by atoms with E-state index in [9.17, 15) is 9.59 Å². The van der Waals surface area contributed by atoms with Gasteiger partial charge in [0.2, 0.25) is 5.91 Å². The minimum absolute atomic E-state index is 0.118. The number of nitrogens with one attached hydrogen (secondary N) is 1. The third kappa shape index (κ3) is 3.19. The number of hydrogen-bond donors (Lipinski definition) is 1. The Kier molecular flexibility index (Phi) is 4.34. The number of pyridine rings is 1. The second-order valence-electron chi connectivity index (χ2n) is 7.76. The Morgan fingerprint density at radius 2 is 2.10 bits per heavy atom. The Morgan fingerprint density at radius 1 is 1.28 bits per heavy atom. The van der Waals surface area contributed by atoms with Gasteiger partial charge in [-0.15, -0.1) is 11.3 Å². The molecule has 2 amide bonds. The van der Waals surface area contributed by atoms with E-state index in [1.54, 1.807) is 15.8 Å². The van der Waals surface area contributed by atoms with Gasteiger partial charge >= 0.3 is 0 Å². The quantitative estimate of drug-likeness (QED) is 0.714. The number of rotatable bonds is 4. The zero-order valence-electron chi connectivity index (χ0n) is 16.4. The summed E-state index contributed by atoms with van der Waals surface area (Å²) < 4.78 is 1.74. The van der Waals surface area contributed by atoms with E-state index < -0.39 is 6.04 Å². The molecule has 4 heterocycles. The second-order valence-corrected chi connectivity index (χ2v) is 8.65. The van der Waals surface area contributed by atoms with Crippen LogP contribution in [0.1, 0.15) is 53.3 Å². The van der Waals surface area contributed by atoms with Crippen molar-refractivity contribution in [2.45, 2.75) is 44.6 Å². The van der Waals surface area contributed by atoms with Crippen LogP contribution in [0, 0.1) is 6.92 Å². The van der Waals surface area contributed by atoms with Gasteiger partial charge in [-0.3, -0.25) is 14.3 Å². The third-order valence-electron chi connectivity index (χ3n) is 5.69. The Hall–Kier alpha value is -2.81. The van der Waals surface area contributed by atoms with Crippen LogP contribution in [0.4, 0.5) is 5.13 Å². The van der Waals surface area contributed by atoms with Crippen molar-refractivity contribution in [3.05, 3.63) is 34.6 Å². The van der Waals surface area contributed by atoms with Gasteiger partial charge in [-0.1, -0.05) is 0 Å². The molecule has 1 unspecified atom stereocenters. The molecule has 1 atom stereocenters. The van der Waals surface area contributed by atoms with Crippen molar-refractivity contribution in [3.63, 3.8) is 0 Å². The molecule has 3 aromatic heterocycles. The molecule has 0 spiro atoms. The molecular formula is C20H22N6O2S. The highest BCUT2D eigenvalue weighted by molar-refractivity contribution is 7.13. The van der Waals surface area contributed by atoms with Crippen molar-refractivity contribution in [1.29, 1.82) is 0 Å². The number of likely N-dealkylation sites (tertiary alicyclic amines) is 1. The number of carbonyl (C=O) groups is 2. The highest BCUT2D eigenvalue weighted by atomic mass is 32.1. The number of fused-ring (bicyclic) bond motifs is 1. The van der Waals surface area contributed by atoms with Crippen molar-refractivity contribution in [1.82, 2.24) is 24.6 Å². The highest BCUT2D eigenvalue weighted by Crippen LogP contribution is 2.40. The SMILES string of the molecule is Cc1nn(C)c2nc(C3CC3)cc(C(=O)N3CCCC3C(=O)Nc3nccs3)c12. The van der Waals surface area contributed by atoms with Crippen LogP contribution in [0.3, 0.4) is 0 Å². The molecule has 1 aliphatic carbocycles. The molecule has 8 nitrogen and oxygen atoms in total. The van der Waals surface area contributed by atoms with Gasteiger partial charge in [-0.2, -0.15) is 5.10 Å². The van der Waals surface area contributed by atoms with Crippen LogP contribution in [0.2, 0.25) is 0 Å². The second kappa shape index (κ2) is 6.91. The minimum Gasteiger partial charge on any atom is -0.327 e. The smallest absolute Gasteiger partial charge is 0.255 e. The largest absolute Gasteiger partial charge is 0.327 e. The summed E-state index contributed by atoms with van der Waals surface area (Å²) in [4.78, 5) is 37.0.